The molecule has 98 valence electrons. The van der Waals surface area contributed by atoms with Crippen molar-refractivity contribution < 1.29 is 13.9 Å². The van der Waals surface area contributed by atoms with Crippen LogP contribution in [0.4, 0.5) is 4.39 Å². The summed E-state index contributed by atoms with van der Waals surface area (Å²) in [5, 5.41) is 0. The van der Waals surface area contributed by atoms with Gasteiger partial charge in [-0.1, -0.05) is 0 Å². The van der Waals surface area contributed by atoms with Gasteiger partial charge in [0.05, 0.1) is 19.2 Å². The van der Waals surface area contributed by atoms with Gasteiger partial charge in [0.1, 0.15) is 12.1 Å². The molecule has 0 radical (unpaired) electrons. The van der Waals surface area contributed by atoms with E-state index >= 15 is 0 Å². The zero-order valence-corrected chi connectivity index (χ0v) is 10.7. The van der Waals surface area contributed by atoms with Gasteiger partial charge < -0.3 is 4.74 Å². The summed E-state index contributed by atoms with van der Waals surface area (Å²) in [6, 6.07) is 5.91. The van der Waals surface area contributed by atoms with E-state index in [-0.39, 0.29) is 18.0 Å². The number of methoxy groups -OCH3 is 1. The molecule has 0 spiro atoms. The molecule has 0 unspecified atom stereocenters. The SMILES string of the molecule is COc1cc(CC(=O)c2ccc(F)c(C)c2)ncn1. The van der Waals surface area contributed by atoms with Crippen molar-refractivity contribution in [1.82, 2.24) is 9.97 Å². The average molecular weight is 260 g/mol. The van der Waals surface area contributed by atoms with E-state index in [1.807, 2.05) is 0 Å². The summed E-state index contributed by atoms with van der Waals surface area (Å²) in [5.74, 6) is -0.0304. The van der Waals surface area contributed by atoms with E-state index in [1.165, 1.54) is 31.6 Å². The summed E-state index contributed by atoms with van der Waals surface area (Å²) in [6.07, 6.45) is 1.47. The Bertz CT molecular complexity index is 614. The Balaban J connectivity index is 2.18. The second kappa shape index (κ2) is 5.56. The van der Waals surface area contributed by atoms with Gasteiger partial charge in [-0.3, -0.25) is 4.79 Å². The van der Waals surface area contributed by atoms with Crippen LogP contribution in [0.2, 0.25) is 0 Å². The van der Waals surface area contributed by atoms with Gasteiger partial charge in [-0.2, -0.15) is 0 Å². The number of ether oxygens (including phenoxy) is 1. The molecule has 0 saturated carbocycles. The molecule has 0 N–H and O–H groups in total. The van der Waals surface area contributed by atoms with Crippen molar-refractivity contribution in [1.29, 1.82) is 0 Å². The van der Waals surface area contributed by atoms with Crippen LogP contribution in [0.25, 0.3) is 0 Å². The van der Waals surface area contributed by atoms with Crippen LogP contribution in [0.1, 0.15) is 21.6 Å². The van der Waals surface area contributed by atoms with Crippen LogP contribution < -0.4 is 4.74 Å². The standard InChI is InChI=1S/C14H13FN2O2/c1-9-5-10(3-4-12(9)15)13(18)6-11-7-14(19-2)17-8-16-11/h3-5,7-8H,6H2,1-2H3. The van der Waals surface area contributed by atoms with E-state index in [4.69, 9.17) is 4.74 Å². The summed E-state index contributed by atoms with van der Waals surface area (Å²) in [7, 11) is 1.50. The number of nitrogens with zero attached hydrogens (tertiary/aromatic N) is 2. The minimum absolute atomic E-state index is 0.121. The zero-order valence-electron chi connectivity index (χ0n) is 10.7. The Hall–Kier alpha value is -2.30. The van der Waals surface area contributed by atoms with Crippen molar-refractivity contribution in [2.75, 3.05) is 7.11 Å². The van der Waals surface area contributed by atoms with Crippen molar-refractivity contribution in [2.24, 2.45) is 0 Å². The lowest BCUT2D eigenvalue weighted by molar-refractivity contribution is 0.0991. The molecule has 0 atom stereocenters. The highest BCUT2D eigenvalue weighted by Crippen LogP contribution is 2.13. The first-order chi connectivity index (χ1) is 9.10. The second-order valence-electron chi connectivity index (χ2n) is 4.12. The minimum Gasteiger partial charge on any atom is -0.481 e. The van der Waals surface area contributed by atoms with E-state index in [0.717, 1.165) is 0 Å². The van der Waals surface area contributed by atoms with E-state index in [2.05, 4.69) is 9.97 Å². The monoisotopic (exact) mass is 260 g/mol. The van der Waals surface area contributed by atoms with E-state index in [1.54, 1.807) is 13.0 Å². The van der Waals surface area contributed by atoms with E-state index < -0.39 is 0 Å². The predicted molar refractivity (Wildman–Crippen MR) is 67.8 cm³/mol. The van der Waals surface area contributed by atoms with Crippen LogP contribution in [-0.4, -0.2) is 22.9 Å². The normalized spacial score (nSPS) is 10.3. The maximum absolute atomic E-state index is 13.1. The molecule has 0 saturated heterocycles. The van der Waals surface area contributed by atoms with Crippen LogP contribution in [0.3, 0.4) is 0 Å². The number of rotatable bonds is 4. The highest BCUT2D eigenvalue weighted by Gasteiger charge is 2.10. The molecule has 2 aromatic rings. The smallest absolute Gasteiger partial charge is 0.216 e. The highest BCUT2D eigenvalue weighted by atomic mass is 19.1. The topological polar surface area (TPSA) is 52.1 Å². The molecule has 0 bridgehead atoms. The molecule has 1 heterocycles. The number of hydrogen-bond acceptors (Lipinski definition) is 4. The van der Waals surface area contributed by atoms with Crippen molar-refractivity contribution in [2.45, 2.75) is 13.3 Å². The maximum Gasteiger partial charge on any atom is 0.216 e. The largest absolute Gasteiger partial charge is 0.481 e. The molecule has 4 nitrogen and oxygen atoms in total. The first-order valence-corrected chi connectivity index (χ1v) is 5.74. The molecule has 5 heteroatoms. The van der Waals surface area contributed by atoms with Gasteiger partial charge in [-0.25, -0.2) is 14.4 Å². The lowest BCUT2D eigenvalue weighted by Gasteiger charge is -2.04. The van der Waals surface area contributed by atoms with Crippen molar-refractivity contribution in [3.8, 4) is 5.88 Å². The fraction of sp³-hybridized carbons (Fsp3) is 0.214. The molecule has 1 aromatic heterocycles. The Morgan fingerprint density at radius 2 is 2.11 bits per heavy atom. The van der Waals surface area contributed by atoms with Crippen LogP contribution in [0.5, 0.6) is 5.88 Å². The third kappa shape index (κ3) is 3.13. The molecule has 0 fully saturated rings. The third-order valence-corrected chi connectivity index (χ3v) is 2.73. The van der Waals surface area contributed by atoms with Crippen molar-refractivity contribution in [3.63, 3.8) is 0 Å². The number of benzene rings is 1. The van der Waals surface area contributed by atoms with Crippen LogP contribution in [0, 0.1) is 12.7 Å². The number of aryl methyl sites for hydroxylation is 1. The minimum atomic E-state index is -0.319. The van der Waals surface area contributed by atoms with E-state index in [9.17, 15) is 9.18 Å². The van der Waals surface area contributed by atoms with Gasteiger partial charge in [0.25, 0.3) is 0 Å². The van der Waals surface area contributed by atoms with Crippen molar-refractivity contribution in [3.05, 3.63) is 53.2 Å². The Labute approximate surface area is 110 Å². The van der Waals surface area contributed by atoms with Crippen LogP contribution in [0.15, 0.2) is 30.6 Å². The number of hydrogen-bond donors (Lipinski definition) is 0. The molecule has 0 aliphatic rings. The quantitative estimate of drug-likeness (QED) is 0.792. The number of Topliss-reactive ketones (excluding diaryl/α,β-unsaturated/α-hetero) is 1. The Morgan fingerprint density at radius 1 is 1.32 bits per heavy atom. The average Bonchev–Trinajstić information content (AvgIpc) is 2.42. The number of carbonyl (C=O) groups is 1. The summed E-state index contributed by atoms with van der Waals surface area (Å²) in [5.41, 5.74) is 1.49. The van der Waals surface area contributed by atoms with Gasteiger partial charge in [0.15, 0.2) is 5.78 Å². The molecular formula is C14H13FN2O2. The van der Waals surface area contributed by atoms with Gasteiger partial charge in [-0.15, -0.1) is 0 Å². The zero-order chi connectivity index (χ0) is 13.8. The molecular weight excluding hydrogens is 247 g/mol. The van der Waals surface area contributed by atoms with Gasteiger partial charge in [-0.05, 0) is 30.7 Å². The fourth-order valence-electron chi connectivity index (χ4n) is 1.67. The summed E-state index contributed by atoms with van der Waals surface area (Å²) in [4.78, 5) is 19.9. The summed E-state index contributed by atoms with van der Waals surface area (Å²) < 4.78 is 18.1. The van der Waals surface area contributed by atoms with Crippen LogP contribution in [-0.2, 0) is 6.42 Å². The van der Waals surface area contributed by atoms with E-state index in [0.29, 0.717) is 22.7 Å². The van der Waals surface area contributed by atoms with Crippen LogP contribution >= 0.6 is 0 Å². The number of carbonyl (C=O) groups excluding carboxylic acids is 1. The Kier molecular flexibility index (Phi) is 3.85. The molecule has 0 aliphatic carbocycles. The number of ketones is 1. The highest BCUT2D eigenvalue weighted by molar-refractivity contribution is 5.97. The third-order valence-electron chi connectivity index (χ3n) is 2.73. The number of halogens is 1. The predicted octanol–water partition coefficient (Wildman–Crippen LogP) is 2.36. The summed E-state index contributed by atoms with van der Waals surface area (Å²) in [6.45, 7) is 1.62. The molecule has 2 rings (SSSR count). The van der Waals surface area contributed by atoms with Gasteiger partial charge >= 0.3 is 0 Å². The summed E-state index contributed by atoms with van der Waals surface area (Å²) >= 11 is 0. The fourth-order valence-corrected chi connectivity index (χ4v) is 1.67. The first-order valence-electron chi connectivity index (χ1n) is 5.74. The molecule has 0 amide bonds. The van der Waals surface area contributed by atoms with Crippen molar-refractivity contribution >= 4 is 5.78 Å². The number of aromatic nitrogens is 2. The molecule has 1 aromatic carbocycles. The second-order valence-corrected chi connectivity index (χ2v) is 4.12. The van der Waals surface area contributed by atoms with Gasteiger partial charge in [0.2, 0.25) is 5.88 Å². The Morgan fingerprint density at radius 3 is 2.79 bits per heavy atom. The lowest BCUT2D eigenvalue weighted by Crippen LogP contribution is -2.06. The molecule has 19 heavy (non-hydrogen) atoms. The molecule has 0 aliphatic heterocycles. The maximum atomic E-state index is 13.1. The lowest BCUT2D eigenvalue weighted by atomic mass is 10.0. The first kappa shape index (κ1) is 13.1. The van der Waals surface area contributed by atoms with Gasteiger partial charge in [0, 0.05) is 11.6 Å².